The molecule has 4 rings (SSSR count). The van der Waals surface area contributed by atoms with E-state index >= 15 is 0 Å². The lowest BCUT2D eigenvalue weighted by Gasteiger charge is -2.08. The molecule has 0 unspecified atom stereocenters. The quantitative estimate of drug-likeness (QED) is 0.421. The number of carbonyl (C=O) groups is 1. The smallest absolute Gasteiger partial charge is 0.258 e. The van der Waals surface area contributed by atoms with Gasteiger partial charge in [0.15, 0.2) is 15.0 Å². The van der Waals surface area contributed by atoms with E-state index in [1.54, 1.807) is 19.1 Å². The molecule has 0 saturated carbocycles. The molecule has 0 aliphatic rings. The Morgan fingerprint density at radius 3 is 2.10 bits per heavy atom. The Morgan fingerprint density at radius 2 is 1.45 bits per heavy atom. The standard InChI is InChI=1S/C24H20N2O3S2/c1-2-31(28,29)20-16-10-9-15-19(20)23(27)26-24-25-21(17-11-5-3-6-12-17)22(30-24)18-13-7-4-8-14-18/h3-16H,2H2,1H3,(H,25,26,27). The molecule has 1 N–H and O–H groups in total. The molecule has 0 atom stereocenters. The Labute approximate surface area is 185 Å². The highest BCUT2D eigenvalue weighted by Crippen LogP contribution is 2.39. The highest BCUT2D eigenvalue weighted by atomic mass is 32.2. The van der Waals surface area contributed by atoms with Crippen molar-refractivity contribution in [1.29, 1.82) is 0 Å². The highest BCUT2D eigenvalue weighted by molar-refractivity contribution is 7.91. The lowest BCUT2D eigenvalue weighted by atomic mass is 10.1. The zero-order chi connectivity index (χ0) is 21.8. The van der Waals surface area contributed by atoms with E-state index in [1.807, 2.05) is 60.7 Å². The summed E-state index contributed by atoms with van der Waals surface area (Å²) >= 11 is 1.36. The van der Waals surface area contributed by atoms with Crippen LogP contribution < -0.4 is 5.32 Å². The predicted octanol–water partition coefficient (Wildman–Crippen LogP) is 5.52. The number of nitrogens with zero attached hydrogens (tertiary/aromatic N) is 1. The van der Waals surface area contributed by atoms with Gasteiger partial charge in [-0.15, -0.1) is 0 Å². The molecule has 0 aliphatic heterocycles. The van der Waals surface area contributed by atoms with E-state index in [1.165, 1.54) is 23.5 Å². The van der Waals surface area contributed by atoms with E-state index in [9.17, 15) is 13.2 Å². The summed E-state index contributed by atoms with van der Waals surface area (Å²) in [5.74, 6) is -0.578. The number of nitrogens with one attached hydrogen (secondary N) is 1. The normalized spacial score (nSPS) is 11.3. The van der Waals surface area contributed by atoms with Gasteiger partial charge in [-0.25, -0.2) is 13.4 Å². The number of anilines is 1. The van der Waals surface area contributed by atoms with Crippen LogP contribution in [-0.2, 0) is 9.84 Å². The minimum Gasteiger partial charge on any atom is -0.298 e. The average molecular weight is 449 g/mol. The first-order valence-electron chi connectivity index (χ1n) is 9.74. The summed E-state index contributed by atoms with van der Waals surface area (Å²) in [4.78, 5) is 18.6. The van der Waals surface area contributed by atoms with Gasteiger partial charge in [-0.2, -0.15) is 0 Å². The van der Waals surface area contributed by atoms with Crippen LogP contribution in [0.25, 0.3) is 21.7 Å². The second kappa shape index (κ2) is 8.83. The Balaban J connectivity index is 1.74. The Morgan fingerprint density at radius 1 is 0.871 bits per heavy atom. The van der Waals surface area contributed by atoms with Gasteiger partial charge in [-0.3, -0.25) is 10.1 Å². The van der Waals surface area contributed by atoms with Crippen LogP contribution in [0.15, 0.2) is 89.8 Å². The van der Waals surface area contributed by atoms with Crippen molar-refractivity contribution in [2.75, 3.05) is 11.1 Å². The molecule has 1 amide bonds. The summed E-state index contributed by atoms with van der Waals surface area (Å²) in [5.41, 5.74) is 2.81. The van der Waals surface area contributed by atoms with Crippen LogP contribution in [0.3, 0.4) is 0 Å². The molecule has 0 aliphatic carbocycles. The van der Waals surface area contributed by atoms with Crippen LogP contribution in [0, 0.1) is 0 Å². The van der Waals surface area contributed by atoms with E-state index in [-0.39, 0.29) is 16.2 Å². The number of thiazole rings is 1. The van der Waals surface area contributed by atoms with Gasteiger partial charge in [0.2, 0.25) is 0 Å². The molecule has 156 valence electrons. The number of aromatic nitrogens is 1. The van der Waals surface area contributed by atoms with E-state index in [2.05, 4.69) is 10.3 Å². The number of rotatable bonds is 6. The Kier molecular flexibility index (Phi) is 5.97. The predicted molar refractivity (Wildman–Crippen MR) is 125 cm³/mol. The third-order valence-electron chi connectivity index (χ3n) is 4.78. The molecule has 3 aromatic carbocycles. The summed E-state index contributed by atoms with van der Waals surface area (Å²) in [6, 6.07) is 25.8. The van der Waals surface area contributed by atoms with Crippen molar-refractivity contribution in [2.45, 2.75) is 11.8 Å². The van der Waals surface area contributed by atoms with Crippen LogP contribution >= 0.6 is 11.3 Å². The summed E-state index contributed by atoms with van der Waals surface area (Å²) in [6.45, 7) is 1.56. The fourth-order valence-electron chi connectivity index (χ4n) is 3.20. The number of sulfone groups is 1. The molecule has 0 bridgehead atoms. The zero-order valence-electron chi connectivity index (χ0n) is 16.8. The maximum atomic E-state index is 13.0. The van der Waals surface area contributed by atoms with Crippen molar-refractivity contribution in [3.63, 3.8) is 0 Å². The third kappa shape index (κ3) is 4.42. The number of amides is 1. The van der Waals surface area contributed by atoms with Crippen molar-refractivity contribution in [3.05, 3.63) is 90.5 Å². The van der Waals surface area contributed by atoms with E-state index < -0.39 is 15.7 Å². The van der Waals surface area contributed by atoms with Gasteiger partial charge in [0, 0.05) is 5.56 Å². The maximum Gasteiger partial charge on any atom is 0.258 e. The summed E-state index contributed by atoms with van der Waals surface area (Å²) in [7, 11) is -3.53. The second-order valence-corrected chi connectivity index (χ2v) is 10.0. The van der Waals surface area contributed by atoms with Gasteiger partial charge in [-0.1, -0.05) is 91.1 Å². The first-order valence-corrected chi connectivity index (χ1v) is 12.2. The first kappa shape index (κ1) is 21.0. The number of carbonyl (C=O) groups excluding carboxylic acids is 1. The molecular formula is C24H20N2O3S2. The lowest BCUT2D eigenvalue weighted by Crippen LogP contribution is -2.17. The van der Waals surface area contributed by atoms with Gasteiger partial charge in [0.25, 0.3) is 5.91 Å². The molecule has 0 radical (unpaired) electrons. The Bertz CT molecular complexity index is 1260. The first-order chi connectivity index (χ1) is 15.0. The number of hydrogen-bond donors (Lipinski definition) is 1. The molecule has 7 heteroatoms. The monoisotopic (exact) mass is 448 g/mol. The van der Waals surface area contributed by atoms with Crippen molar-refractivity contribution in [1.82, 2.24) is 4.98 Å². The maximum absolute atomic E-state index is 13.0. The van der Waals surface area contributed by atoms with Crippen LogP contribution in [0.2, 0.25) is 0 Å². The van der Waals surface area contributed by atoms with Crippen LogP contribution in [0.1, 0.15) is 17.3 Å². The third-order valence-corrected chi connectivity index (χ3v) is 7.58. The van der Waals surface area contributed by atoms with Gasteiger partial charge in [0.05, 0.1) is 26.8 Å². The average Bonchev–Trinajstić information content (AvgIpc) is 3.24. The van der Waals surface area contributed by atoms with Crippen LogP contribution in [0.4, 0.5) is 5.13 Å². The second-order valence-electron chi connectivity index (χ2n) is 6.78. The molecule has 0 spiro atoms. The fourth-order valence-corrected chi connectivity index (χ4v) is 5.28. The zero-order valence-corrected chi connectivity index (χ0v) is 18.4. The molecule has 31 heavy (non-hydrogen) atoms. The molecule has 4 aromatic rings. The largest absolute Gasteiger partial charge is 0.298 e. The summed E-state index contributed by atoms with van der Waals surface area (Å²) in [6.07, 6.45) is 0. The molecule has 0 fully saturated rings. The van der Waals surface area contributed by atoms with Crippen LogP contribution in [-0.4, -0.2) is 25.1 Å². The summed E-state index contributed by atoms with van der Waals surface area (Å²) < 4.78 is 24.8. The van der Waals surface area contributed by atoms with Crippen molar-refractivity contribution >= 4 is 32.2 Å². The van der Waals surface area contributed by atoms with Crippen LogP contribution in [0.5, 0.6) is 0 Å². The molecule has 1 heterocycles. The van der Waals surface area contributed by atoms with Gasteiger partial charge in [0.1, 0.15) is 0 Å². The van der Waals surface area contributed by atoms with Crippen molar-refractivity contribution in [3.8, 4) is 21.7 Å². The van der Waals surface area contributed by atoms with Gasteiger partial charge >= 0.3 is 0 Å². The molecular weight excluding hydrogens is 428 g/mol. The molecule has 5 nitrogen and oxygen atoms in total. The molecule has 1 aromatic heterocycles. The minimum atomic E-state index is -3.53. The van der Waals surface area contributed by atoms with Crippen molar-refractivity contribution < 1.29 is 13.2 Å². The fraction of sp³-hybridized carbons (Fsp3) is 0.0833. The van der Waals surface area contributed by atoms with Gasteiger partial charge in [-0.05, 0) is 17.7 Å². The number of benzene rings is 3. The van der Waals surface area contributed by atoms with E-state index in [0.29, 0.717) is 5.13 Å². The SMILES string of the molecule is CCS(=O)(=O)c1ccccc1C(=O)Nc1nc(-c2ccccc2)c(-c2ccccc2)s1. The van der Waals surface area contributed by atoms with Crippen molar-refractivity contribution in [2.24, 2.45) is 0 Å². The minimum absolute atomic E-state index is 0.0260. The summed E-state index contributed by atoms with van der Waals surface area (Å²) in [5, 5.41) is 3.21. The Hall–Kier alpha value is -3.29. The topological polar surface area (TPSA) is 76.1 Å². The van der Waals surface area contributed by atoms with E-state index in [4.69, 9.17) is 0 Å². The number of hydrogen-bond acceptors (Lipinski definition) is 5. The van der Waals surface area contributed by atoms with E-state index in [0.717, 1.165) is 21.7 Å². The van der Waals surface area contributed by atoms with Gasteiger partial charge < -0.3 is 0 Å². The molecule has 0 saturated heterocycles. The lowest BCUT2D eigenvalue weighted by molar-refractivity contribution is 0.102. The highest BCUT2D eigenvalue weighted by Gasteiger charge is 2.22.